The highest BCUT2D eigenvalue weighted by atomic mass is 32.1. The maximum absolute atomic E-state index is 12.7. The molecule has 0 aliphatic carbocycles. The zero-order valence-corrected chi connectivity index (χ0v) is 17.5. The van der Waals surface area contributed by atoms with Gasteiger partial charge in [0.25, 0.3) is 0 Å². The van der Waals surface area contributed by atoms with Crippen LogP contribution in [0.2, 0.25) is 0 Å². The Morgan fingerprint density at radius 3 is 2.23 bits per heavy atom. The molecular weight excluding hydrogens is 433 g/mol. The molecule has 0 bridgehead atoms. The number of carbonyl (C=O) groups is 1. The number of hydrogen-bond donors (Lipinski definition) is 1. The summed E-state index contributed by atoms with van der Waals surface area (Å²) in [6.45, 7) is 3.42. The molecule has 0 saturated carbocycles. The van der Waals surface area contributed by atoms with Crippen molar-refractivity contribution in [3.63, 3.8) is 0 Å². The molecule has 0 atom stereocenters. The molecule has 3 aromatic rings. The van der Waals surface area contributed by atoms with E-state index >= 15 is 0 Å². The quantitative estimate of drug-likeness (QED) is 0.507. The van der Waals surface area contributed by atoms with Crippen molar-refractivity contribution in [1.82, 2.24) is 10.2 Å². The van der Waals surface area contributed by atoms with Crippen LogP contribution in [0.1, 0.15) is 30.0 Å². The maximum atomic E-state index is 12.7. The number of alkyl halides is 3. The molecule has 1 heterocycles. The molecule has 0 spiro atoms. The van der Waals surface area contributed by atoms with Crippen LogP contribution in [0.25, 0.3) is 10.6 Å². The van der Waals surface area contributed by atoms with Crippen LogP contribution in [0, 0.1) is 0 Å². The van der Waals surface area contributed by atoms with Gasteiger partial charge in [-0.3, -0.25) is 0 Å². The summed E-state index contributed by atoms with van der Waals surface area (Å²) in [6, 6.07) is 11.6. The fraction of sp³-hybridized carbons (Fsp3) is 0.286. The molecule has 0 fully saturated rings. The van der Waals surface area contributed by atoms with Crippen LogP contribution in [-0.4, -0.2) is 26.9 Å². The minimum atomic E-state index is -4.38. The van der Waals surface area contributed by atoms with Gasteiger partial charge in [0, 0.05) is 5.56 Å². The summed E-state index contributed by atoms with van der Waals surface area (Å²) in [7, 11) is 0. The fourth-order valence-corrected chi connectivity index (χ4v) is 3.26. The van der Waals surface area contributed by atoms with Crippen LogP contribution in [0.15, 0.2) is 48.5 Å². The minimum absolute atomic E-state index is 0.197. The summed E-state index contributed by atoms with van der Waals surface area (Å²) >= 11 is 1.24. The zero-order chi connectivity index (χ0) is 22.6. The average Bonchev–Trinajstić information content (AvgIpc) is 3.17. The van der Waals surface area contributed by atoms with E-state index in [1.165, 1.54) is 37.3 Å². The summed E-state index contributed by atoms with van der Waals surface area (Å²) in [6.07, 6.45) is -4.38. The maximum Gasteiger partial charge on any atom is 0.416 e. The van der Waals surface area contributed by atoms with E-state index in [4.69, 9.17) is 14.6 Å². The van der Waals surface area contributed by atoms with Crippen molar-refractivity contribution >= 4 is 17.3 Å². The first-order valence-corrected chi connectivity index (χ1v) is 9.95. The van der Waals surface area contributed by atoms with Gasteiger partial charge in [0.2, 0.25) is 0 Å². The van der Waals surface area contributed by atoms with Gasteiger partial charge < -0.3 is 14.6 Å². The highest BCUT2D eigenvalue weighted by molar-refractivity contribution is 7.14. The minimum Gasteiger partial charge on any atom is -0.478 e. The first-order valence-electron chi connectivity index (χ1n) is 9.14. The van der Waals surface area contributed by atoms with Gasteiger partial charge in [0.1, 0.15) is 22.4 Å². The molecule has 31 heavy (non-hydrogen) atoms. The predicted molar refractivity (Wildman–Crippen MR) is 108 cm³/mol. The average molecular weight is 452 g/mol. The molecule has 1 N–H and O–H groups in total. The first-order chi connectivity index (χ1) is 14.5. The second-order valence-corrected chi connectivity index (χ2v) is 8.19. The normalized spacial score (nSPS) is 12.0. The van der Waals surface area contributed by atoms with E-state index in [0.717, 1.165) is 17.7 Å². The molecule has 10 heteroatoms. The third kappa shape index (κ3) is 6.02. The number of aliphatic carboxylic acids is 1. The molecule has 0 amide bonds. The van der Waals surface area contributed by atoms with Crippen molar-refractivity contribution in [2.75, 3.05) is 0 Å². The lowest BCUT2D eigenvalue weighted by Gasteiger charge is -2.21. The smallest absolute Gasteiger partial charge is 0.416 e. The number of rotatable bonds is 8. The number of carboxylic acids is 1. The molecule has 2 aromatic carbocycles. The molecule has 3 rings (SSSR count). The molecule has 0 saturated heterocycles. The third-order valence-electron chi connectivity index (χ3n) is 4.23. The lowest BCUT2D eigenvalue weighted by atomic mass is 10.1. The van der Waals surface area contributed by atoms with Crippen molar-refractivity contribution in [2.45, 2.75) is 38.8 Å². The molecule has 164 valence electrons. The highest BCUT2D eigenvalue weighted by Gasteiger charge is 2.30. The number of hydrogen-bond acceptors (Lipinski definition) is 6. The van der Waals surface area contributed by atoms with E-state index in [0.29, 0.717) is 21.3 Å². The Balaban J connectivity index is 1.53. The molecule has 0 unspecified atom stereocenters. The zero-order valence-electron chi connectivity index (χ0n) is 16.6. The summed E-state index contributed by atoms with van der Waals surface area (Å²) in [5.74, 6) is -0.630. The van der Waals surface area contributed by atoms with Gasteiger partial charge in [-0.05, 0) is 43.7 Å². The van der Waals surface area contributed by atoms with Crippen LogP contribution in [0.5, 0.6) is 5.75 Å². The number of halogens is 3. The first kappa shape index (κ1) is 22.7. The Bertz CT molecular complexity index is 1030. The van der Waals surface area contributed by atoms with Crippen molar-refractivity contribution in [3.8, 4) is 16.3 Å². The van der Waals surface area contributed by atoms with E-state index in [9.17, 15) is 18.0 Å². The van der Waals surface area contributed by atoms with Crippen LogP contribution >= 0.6 is 11.3 Å². The third-order valence-corrected chi connectivity index (χ3v) is 5.18. The van der Waals surface area contributed by atoms with Gasteiger partial charge in [-0.25, -0.2) is 4.79 Å². The highest BCUT2D eigenvalue weighted by Crippen LogP contribution is 2.31. The fourth-order valence-electron chi connectivity index (χ4n) is 2.48. The monoisotopic (exact) mass is 452 g/mol. The van der Waals surface area contributed by atoms with Gasteiger partial charge in [0.15, 0.2) is 5.60 Å². The SMILES string of the molecule is CC(C)(Oc1ccc(COCc2nnc(-c3ccc(C(F)(F)F)cc3)s2)cc1)C(=O)O. The Labute approximate surface area is 180 Å². The standard InChI is InChI=1S/C21H19F3N2O4S/c1-20(2,19(27)28)30-16-9-3-13(4-10-16)11-29-12-17-25-26-18(31-17)14-5-7-15(8-6-14)21(22,23)24/h3-10H,11-12H2,1-2H3,(H,27,28). The van der Waals surface area contributed by atoms with E-state index in [2.05, 4.69) is 10.2 Å². The van der Waals surface area contributed by atoms with Crippen molar-refractivity contribution < 1.29 is 32.5 Å². The van der Waals surface area contributed by atoms with Crippen LogP contribution in [0.3, 0.4) is 0 Å². The Kier molecular flexibility index (Phi) is 6.61. The summed E-state index contributed by atoms with van der Waals surface area (Å²) < 4.78 is 49.0. The van der Waals surface area contributed by atoms with Crippen LogP contribution in [-0.2, 0) is 28.9 Å². The van der Waals surface area contributed by atoms with Crippen molar-refractivity contribution in [3.05, 3.63) is 64.7 Å². The Morgan fingerprint density at radius 2 is 1.65 bits per heavy atom. The van der Waals surface area contributed by atoms with Crippen molar-refractivity contribution in [2.24, 2.45) is 0 Å². The number of ether oxygens (including phenoxy) is 2. The predicted octanol–water partition coefficient (Wildman–Crippen LogP) is 5.18. The van der Waals surface area contributed by atoms with Crippen molar-refractivity contribution in [1.29, 1.82) is 0 Å². The number of aromatic nitrogens is 2. The topological polar surface area (TPSA) is 81.5 Å². The van der Waals surface area contributed by atoms with E-state index < -0.39 is 23.3 Å². The van der Waals surface area contributed by atoms with Gasteiger partial charge in [-0.2, -0.15) is 13.2 Å². The van der Waals surface area contributed by atoms with Gasteiger partial charge in [-0.1, -0.05) is 35.6 Å². The molecule has 0 aliphatic rings. The van der Waals surface area contributed by atoms with E-state index in [1.807, 2.05) is 0 Å². The Morgan fingerprint density at radius 1 is 1.00 bits per heavy atom. The summed E-state index contributed by atoms with van der Waals surface area (Å²) in [5.41, 5.74) is -0.641. The second kappa shape index (κ2) is 9.03. The molecule has 0 radical (unpaired) electrons. The van der Waals surface area contributed by atoms with Crippen LogP contribution in [0.4, 0.5) is 13.2 Å². The van der Waals surface area contributed by atoms with Gasteiger partial charge >= 0.3 is 12.1 Å². The number of benzene rings is 2. The largest absolute Gasteiger partial charge is 0.478 e. The number of nitrogens with zero attached hydrogens (tertiary/aromatic N) is 2. The van der Waals surface area contributed by atoms with E-state index in [1.54, 1.807) is 24.3 Å². The molecule has 0 aliphatic heterocycles. The van der Waals surface area contributed by atoms with Gasteiger partial charge in [-0.15, -0.1) is 10.2 Å². The molecular formula is C21H19F3N2O4S. The van der Waals surface area contributed by atoms with E-state index in [-0.39, 0.29) is 13.2 Å². The lowest BCUT2D eigenvalue weighted by molar-refractivity contribution is -0.152. The van der Waals surface area contributed by atoms with Gasteiger partial charge in [0.05, 0.1) is 12.2 Å². The summed E-state index contributed by atoms with van der Waals surface area (Å²) in [4.78, 5) is 11.1. The Hall–Kier alpha value is -2.98. The lowest BCUT2D eigenvalue weighted by Crippen LogP contribution is -2.37. The second-order valence-electron chi connectivity index (χ2n) is 7.13. The molecule has 1 aromatic heterocycles. The molecule has 6 nitrogen and oxygen atoms in total. The van der Waals surface area contributed by atoms with Crippen LogP contribution < -0.4 is 4.74 Å². The summed E-state index contributed by atoms with van der Waals surface area (Å²) in [5, 5.41) is 18.2. The number of carboxylic acid groups (broad SMARTS) is 1.